The minimum Gasteiger partial charge on any atom is -0.480 e. The summed E-state index contributed by atoms with van der Waals surface area (Å²) in [5, 5.41) is 25.1. The van der Waals surface area contributed by atoms with Crippen LogP contribution in [0, 0.1) is 0 Å². The summed E-state index contributed by atoms with van der Waals surface area (Å²) in [6.07, 6.45) is 1.33. The largest absolute Gasteiger partial charge is 0.480 e. The molecule has 0 heterocycles. The van der Waals surface area contributed by atoms with Gasteiger partial charge in [-0.15, -0.1) is 0 Å². The molecule has 4 unspecified atom stereocenters. The van der Waals surface area contributed by atoms with Gasteiger partial charge in [0.15, 0.2) is 0 Å². The van der Waals surface area contributed by atoms with Gasteiger partial charge in [0, 0.05) is 11.5 Å². The maximum Gasteiger partial charge on any atom is 0.326 e. The average Bonchev–Trinajstić information content (AvgIpc) is 2.67. The molecule has 0 aliphatic rings. The minimum absolute atomic E-state index is 0.0898. The van der Waals surface area contributed by atoms with Crippen LogP contribution in [0.2, 0.25) is 0 Å². The molecule has 0 aliphatic carbocycles. The van der Waals surface area contributed by atoms with E-state index in [-0.39, 0.29) is 17.9 Å². The number of unbranched alkanes of at least 4 members (excludes halogenated alkanes) is 1. The third kappa shape index (κ3) is 9.59. The lowest BCUT2D eigenvalue weighted by Gasteiger charge is -2.23. The van der Waals surface area contributed by atoms with E-state index in [0.29, 0.717) is 19.4 Å². The molecule has 0 bridgehead atoms. The second kappa shape index (κ2) is 14.5. The molecular weight excluding hydrogens is 410 g/mol. The monoisotopic (exact) mass is 439 g/mol. The van der Waals surface area contributed by atoms with Crippen LogP contribution in [0.4, 0.5) is 0 Å². The van der Waals surface area contributed by atoms with Crippen LogP contribution in [-0.2, 0) is 19.2 Å². The van der Waals surface area contributed by atoms with Crippen LogP contribution in [-0.4, -0.2) is 82.7 Å². The van der Waals surface area contributed by atoms with Crippen LogP contribution < -0.4 is 27.4 Å². The van der Waals surface area contributed by atoms with Crippen molar-refractivity contribution in [1.82, 2.24) is 16.0 Å². The number of rotatable bonds is 14. The average molecular weight is 440 g/mol. The molecule has 162 valence electrons. The number of aliphatic hydroxyl groups excluding tert-OH is 1. The second-order valence-corrected chi connectivity index (χ2v) is 6.69. The topological polar surface area (TPSA) is 197 Å². The highest BCUT2D eigenvalue weighted by molar-refractivity contribution is 7.80. The van der Waals surface area contributed by atoms with E-state index >= 15 is 0 Å². The first-order valence-corrected chi connectivity index (χ1v) is 9.90. The van der Waals surface area contributed by atoms with Gasteiger partial charge >= 0.3 is 5.97 Å². The Hall–Kier alpha value is -1.54. The van der Waals surface area contributed by atoms with Gasteiger partial charge in [-0.2, -0.15) is 25.3 Å². The lowest BCUT2D eigenvalue weighted by molar-refractivity contribution is -0.142. The van der Waals surface area contributed by atoms with Crippen molar-refractivity contribution in [2.45, 2.75) is 43.4 Å². The number of carboxylic acid groups (broad SMARTS) is 1. The van der Waals surface area contributed by atoms with Gasteiger partial charge < -0.3 is 37.6 Å². The molecule has 28 heavy (non-hydrogen) atoms. The maximum absolute atomic E-state index is 12.3. The molecule has 0 saturated heterocycles. The van der Waals surface area contributed by atoms with Gasteiger partial charge in [-0.1, -0.05) is 0 Å². The fraction of sp³-hybridized carbons (Fsp3) is 0.733. The maximum atomic E-state index is 12.3. The number of aliphatic hydroxyl groups is 1. The zero-order valence-electron chi connectivity index (χ0n) is 15.3. The quantitative estimate of drug-likeness (QED) is 0.0997. The van der Waals surface area contributed by atoms with Crippen molar-refractivity contribution in [2.24, 2.45) is 11.5 Å². The van der Waals surface area contributed by atoms with Crippen LogP contribution in [0.25, 0.3) is 0 Å². The van der Waals surface area contributed by atoms with E-state index in [1.54, 1.807) is 0 Å². The molecule has 0 saturated carbocycles. The first kappa shape index (κ1) is 26.5. The highest BCUT2D eigenvalue weighted by Gasteiger charge is 2.28. The van der Waals surface area contributed by atoms with Crippen molar-refractivity contribution in [1.29, 1.82) is 0 Å². The predicted molar refractivity (Wildman–Crippen MR) is 109 cm³/mol. The number of carbonyl (C=O) groups excluding carboxylic acids is 3. The fourth-order valence-corrected chi connectivity index (χ4v) is 2.56. The Morgan fingerprint density at radius 3 is 1.71 bits per heavy atom. The normalized spacial score (nSPS) is 15.0. The summed E-state index contributed by atoms with van der Waals surface area (Å²) in [4.78, 5) is 47.6. The van der Waals surface area contributed by atoms with Gasteiger partial charge in [0.25, 0.3) is 0 Å². The zero-order chi connectivity index (χ0) is 21.7. The number of nitrogens with one attached hydrogen (secondary N) is 3. The SMILES string of the molecule is NCCCCC(NC(=O)C(CS)NC(=O)C(CS)NC(=O)C(N)CO)C(=O)O. The van der Waals surface area contributed by atoms with E-state index in [4.69, 9.17) is 16.6 Å². The Labute approximate surface area is 174 Å². The summed E-state index contributed by atoms with van der Waals surface area (Å²) in [5.74, 6) is -3.59. The molecule has 11 nitrogen and oxygen atoms in total. The number of hydrogen-bond donors (Lipinski definition) is 9. The molecule has 0 aromatic carbocycles. The highest BCUT2D eigenvalue weighted by atomic mass is 32.1. The number of hydrogen-bond acceptors (Lipinski definition) is 9. The molecule has 0 aromatic heterocycles. The Balaban J connectivity index is 4.89. The van der Waals surface area contributed by atoms with E-state index in [1.165, 1.54) is 0 Å². The zero-order valence-corrected chi connectivity index (χ0v) is 17.1. The van der Waals surface area contributed by atoms with Crippen LogP contribution in [0.3, 0.4) is 0 Å². The number of nitrogens with two attached hydrogens (primary N) is 2. The van der Waals surface area contributed by atoms with E-state index in [1.807, 2.05) is 0 Å². The van der Waals surface area contributed by atoms with Crippen LogP contribution in [0.5, 0.6) is 0 Å². The molecule has 0 aromatic rings. The smallest absolute Gasteiger partial charge is 0.326 e. The van der Waals surface area contributed by atoms with E-state index in [0.717, 1.165) is 0 Å². The van der Waals surface area contributed by atoms with Crippen molar-refractivity contribution in [2.75, 3.05) is 24.7 Å². The van der Waals surface area contributed by atoms with Gasteiger partial charge in [-0.25, -0.2) is 4.79 Å². The molecule has 0 aliphatic heterocycles. The van der Waals surface area contributed by atoms with E-state index in [2.05, 4.69) is 41.2 Å². The lowest BCUT2D eigenvalue weighted by Crippen LogP contribution is -2.58. The van der Waals surface area contributed by atoms with Crippen molar-refractivity contribution in [3.63, 3.8) is 0 Å². The second-order valence-electron chi connectivity index (χ2n) is 5.96. The first-order chi connectivity index (χ1) is 13.2. The summed E-state index contributed by atoms with van der Waals surface area (Å²) in [7, 11) is 0. The van der Waals surface area contributed by atoms with Gasteiger partial charge in [-0.05, 0) is 25.8 Å². The van der Waals surface area contributed by atoms with E-state index in [9.17, 15) is 24.3 Å². The highest BCUT2D eigenvalue weighted by Crippen LogP contribution is 2.02. The number of aliphatic carboxylic acids is 1. The summed E-state index contributed by atoms with van der Waals surface area (Å²) < 4.78 is 0. The van der Waals surface area contributed by atoms with E-state index < -0.39 is 54.5 Å². The number of carbonyl (C=O) groups is 4. The minimum atomic E-state index is -1.20. The van der Waals surface area contributed by atoms with Crippen LogP contribution >= 0.6 is 25.3 Å². The summed E-state index contributed by atoms with van der Waals surface area (Å²) in [6, 6.07) is -4.56. The molecule has 0 fully saturated rings. The molecule has 0 spiro atoms. The van der Waals surface area contributed by atoms with Crippen molar-refractivity contribution in [3.8, 4) is 0 Å². The third-order valence-corrected chi connectivity index (χ3v) is 4.46. The lowest BCUT2D eigenvalue weighted by atomic mass is 10.1. The fourth-order valence-electron chi connectivity index (χ4n) is 2.04. The third-order valence-electron chi connectivity index (χ3n) is 3.73. The molecule has 0 radical (unpaired) electrons. The summed E-state index contributed by atoms with van der Waals surface area (Å²) in [5.41, 5.74) is 10.7. The first-order valence-electron chi connectivity index (χ1n) is 8.63. The Morgan fingerprint density at radius 1 is 0.857 bits per heavy atom. The Morgan fingerprint density at radius 2 is 1.32 bits per heavy atom. The summed E-state index contributed by atoms with van der Waals surface area (Å²) in [6.45, 7) is -0.193. The van der Waals surface area contributed by atoms with Gasteiger partial charge in [0.2, 0.25) is 17.7 Å². The van der Waals surface area contributed by atoms with Crippen LogP contribution in [0.15, 0.2) is 0 Å². The Kier molecular flexibility index (Phi) is 13.7. The molecular formula is C15H29N5O6S2. The number of carboxylic acids is 1. The predicted octanol–water partition coefficient (Wildman–Crippen LogP) is -3.17. The van der Waals surface area contributed by atoms with Crippen molar-refractivity contribution < 1.29 is 29.4 Å². The molecule has 13 heteroatoms. The van der Waals surface area contributed by atoms with Gasteiger partial charge in [0.1, 0.15) is 24.2 Å². The molecule has 4 atom stereocenters. The summed E-state index contributed by atoms with van der Waals surface area (Å²) >= 11 is 7.98. The Bertz CT molecular complexity index is 539. The molecule has 3 amide bonds. The van der Waals surface area contributed by atoms with Crippen LogP contribution in [0.1, 0.15) is 19.3 Å². The number of amides is 3. The standard InChI is InChI=1S/C15H29N5O6S2/c16-4-2-1-3-9(15(25)26)18-13(23)11(7-28)20-14(24)10(6-27)19-12(22)8(17)5-21/h8-11,21,27-28H,1-7,16-17H2,(H,18,23)(H,19,22)(H,20,24)(H,25,26). The molecule has 0 rings (SSSR count). The van der Waals surface area contributed by atoms with Crippen molar-refractivity contribution >= 4 is 48.9 Å². The molecule has 9 N–H and O–H groups in total. The van der Waals surface area contributed by atoms with Gasteiger partial charge in [-0.3, -0.25) is 14.4 Å². The van der Waals surface area contributed by atoms with Crippen molar-refractivity contribution in [3.05, 3.63) is 0 Å². The van der Waals surface area contributed by atoms with Gasteiger partial charge in [0.05, 0.1) is 6.61 Å². The number of thiol groups is 2.